The van der Waals surface area contributed by atoms with Gasteiger partial charge in [0.2, 0.25) is 0 Å². The average molecular weight is 204 g/mol. The summed E-state index contributed by atoms with van der Waals surface area (Å²) in [5, 5.41) is 8.36. The number of nitriles is 1. The fourth-order valence-corrected chi connectivity index (χ4v) is 1.30. The molecule has 2 N–H and O–H groups in total. The molecule has 0 aliphatic carbocycles. The van der Waals surface area contributed by atoms with Crippen LogP contribution >= 0.6 is 0 Å². The third-order valence-electron chi connectivity index (χ3n) is 2.13. The van der Waals surface area contributed by atoms with Gasteiger partial charge in [0.05, 0.1) is 12.7 Å². The molecule has 1 aromatic rings. The number of hydrogen-bond acceptors (Lipinski definition) is 3. The van der Waals surface area contributed by atoms with Crippen LogP contribution in [0.5, 0.6) is 5.75 Å². The Morgan fingerprint density at radius 1 is 1.27 bits per heavy atom. The smallest absolute Gasteiger partial charge is 0.123 e. The molecular formula is C12H16N2O. The van der Waals surface area contributed by atoms with Gasteiger partial charge in [0.25, 0.3) is 0 Å². The SMILES string of the molecule is N#CCCCCOc1ccccc1CN. The van der Waals surface area contributed by atoms with Crippen LogP contribution in [0.2, 0.25) is 0 Å². The molecule has 15 heavy (non-hydrogen) atoms. The quantitative estimate of drug-likeness (QED) is 0.723. The average Bonchev–Trinajstić information content (AvgIpc) is 2.29. The molecule has 0 amide bonds. The van der Waals surface area contributed by atoms with Crippen molar-refractivity contribution in [3.8, 4) is 11.8 Å². The van der Waals surface area contributed by atoms with E-state index in [0.717, 1.165) is 24.2 Å². The zero-order valence-corrected chi connectivity index (χ0v) is 8.78. The molecule has 0 saturated heterocycles. The second-order valence-corrected chi connectivity index (χ2v) is 3.28. The van der Waals surface area contributed by atoms with E-state index >= 15 is 0 Å². The number of nitrogens with two attached hydrogens (primary N) is 1. The molecule has 0 spiro atoms. The molecule has 3 nitrogen and oxygen atoms in total. The van der Waals surface area contributed by atoms with Crippen LogP contribution in [0, 0.1) is 11.3 Å². The molecular weight excluding hydrogens is 188 g/mol. The van der Waals surface area contributed by atoms with Gasteiger partial charge in [-0.05, 0) is 18.9 Å². The summed E-state index contributed by atoms with van der Waals surface area (Å²) in [5.74, 6) is 0.858. The molecule has 0 atom stereocenters. The maximum atomic E-state index is 8.36. The predicted octanol–water partition coefficient (Wildman–Crippen LogP) is 2.22. The summed E-state index contributed by atoms with van der Waals surface area (Å²) in [6, 6.07) is 9.88. The minimum Gasteiger partial charge on any atom is -0.493 e. The Bertz CT molecular complexity index is 331. The monoisotopic (exact) mass is 204 g/mol. The summed E-state index contributed by atoms with van der Waals surface area (Å²) in [7, 11) is 0. The summed E-state index contributed by atoms with van der Waals surface area (Å²) in [5.41, 5.74) is 6.61. The second kappa shape index (κ2) is 6.86. The van der Waals surface area contributed by atoms with E-state index in [2.05, 4.69) is 6.07 Å². The standard InChI is InChI=1S/C12H16N2O/c13-8-4-1-5-9-15-12-7-3-2-6-11(12)10-14/h2-3,6-7H,1,4-5,9-10,14H2. The highest BCUT2D eigenvalue weighted by Crippen LogP contribution is 2.17. The normalized spacial score (nSPS) is 9.60. The highest BCUT2D eigenvalue weighted by Gasteiger charge is 1.99. The van der Waals surface area contributed by atoms with E-state index in [1.165, 1.54) is 0 Å². The molecule has 0 aromatic heterocycles. The van der Waals surface area contributed by atoms with Gasteiger partial charge in [-0.25, -0.2) is 0 Å². The number of rotatable bonds is 6. The fourth-order valence-electron chi connectivity index (χ4n) is 1.30. The fraction of sp³-hybridized carbons (Fsp3) is 0.417. The van der Waals surface area contributed by atoms with Crippen molar-refractivity contribution < 1.29 is 4.74 Å². The minimum atomic E-state index is 0.494. The molecule has 0 bridgehead atoms. The molecule has 0 heterocycles. The molecule has 3 heteroatoms. The molecule has 0 saturated carbocycles. The highest BCUT2D eigenvalue weighted by molar-refractivity contribution is 5.32. The van der Waals surface area contributed by atoms with Crippen molar-refractivity contribution in [3.05, 3.63) is 29.8 Å². The topological polar surface area (TPSA) is 59.0 Å². The molecule has 1 aromatic carbocycles. The number of benzene rings is 1. The lowest BCUT2D eigenvalue weighted by atomic mass is 10.2. The van der Waals surface area contributed by atoms with Gasteiger partial charge in [0.15, 0.2) is 0 Å². The highest BCUT2D eigenvalue weighted by atomic mass is 16.5. The zero-order chi connectivity index (χ0) is 10.9. The lowest BCUT2D eigenvalue weighted by molar-refractivity contribution is 0.304. The van der Waals surface area contributed by atoms with Crippen LogP contribution in [0.4, 0.5) is 0 Å². The van der Waals surface area contributed by atoms with Gasteiger partial charge < -0.3 is 10.5 Å². The van der Waals surface area contributed by atoms with E-state index in [4.69, 9.17) is 15.7 Å². The van der Waals surface area contributed by atoms with Gasteiger partial charge >= 0.3 is 0 Å². The van der Waals surface area contributed by atoms with E-state index < -0.39 is 0 Å². The first-order valence-electron chi connectivity index (χ1n) is 5.16. The Morgan fingerprint density at radius 2 is 2.07 bits per heavy atom. The van der Waals surface area contributed by atoms with Crippen LogP contribution in [0.25, 0.3) is 0 Å². The Morgan fingerprint density at radius 3 is 2.80 bits per heavy atom. The van der Waals surface area contributed by atoms with Crippen LogP contribution in [0.1, 0.15) is 24.8 Å². The van der Waals surface area contributed by atoms with E-state index in [9.17, 15) is 0 Å². The van der Waals surface area contributed by atoms with Crippen LogP contribution in [-0.4, -0.2) is 6.61 Å². The first kappa shape index (κ1) is 11.5. The van der Waals surface area contributed by atoms with Gasteiger partial charge in [-0.15, -0.1) is 0 Å². The number of para-hydroxylation sites is 1. The summed E-state index contributed by atoms with van der Waals surface area (Å²) in [6.07, 6.45) is 2.40. The molecule has 0 aliphatic rings. The van der Waals surface area contributed by atoms with Gasteiger partial charge in [-0.2, -0.15) is 5.26 Å². The van der Waals surface area contributed by atoms with Crippen molar-refractivity contribution in [2.45, 2.75) is 25.8 Å². The molecule has 0 unspecified atom stereocenters. The summed E-state index contributed by atoms with van der Waals surface area (Å²) in [6.45, 7) is 1.15. The lowest BCUT2D eigenvalue weighted by Gasteiger charge is -2.09. The van der Waals surface area contributed by atoms with Crippen LogP contribution < -0.4 is 10.5 Å². The second-order valence-electron chi connectivity index (χ2n) is 3.28. The summed E-state index contributed by atoms with van der Waals surface area (Å²) < 4.78 is 5.59. The Labute approximate surface area is 90.5 Å². The zero-order valence-electron chi connectivity index (χ0n) is 8.78. The summed E-state index contributed by atoms with van der Waals surface area (Å²) >= 11 is 0. The Kier molecular flexibility index (Phi) is 5.28. The van der Waals surface area contributed by atoms with E-state index in [1.54, 1.807) is 0 Å². The van der Waals surface area contributed by atoms with Crippen molar-refractivity contribution in [2.75, 3.05) is 6.61 Å². The van der Waals surface area contributed by atoms with E-state index in [-0.39, 0.29) is 0 Å². The largest absolute Gasteiger partial charge is 0.493 e. The van der Waals surface area contributed by atoms with Gasteiger partial charge in [0, 0.05) is 18.5 Å². The minimum absolute atomic E-state index is 0.494. The maximum Gasteiger partial charge on any atom is 0.123 e. The van der Waals surface area contributed by atoms with Crippen molar-refractivity contribution >= 4 is 0 Å². The van der Waals surface area contributed by atoms with Crippen molar-refractivity contribution in [1.29, 1.82) is 5.26 Å². The molecule has 80 valence electrons. The summed E-state index contributed by atoms with van der Waals surface area (Å²) in [4.78, 5) is 0. The van der Waals surface area contributed by atoms with Gasteiger partial charge in [-0.3, -0.25) is 0 Å². The number of nitrogens with zero attached hydrogens (tertiary/aromatic N) is 1. The molecule has 1 rings (SSSR count). The maximum absolute atomic E-state index is 8.36. The predicted molar refractivity (Wildman–Crippen MR) is 59.3 cm³/mol. The Hall–Kier alpha value is -1.53. The van der Waals surface area contributed by atoms with Gasteiger partial charge in [0.1, 0.15) is 5.75 Å². The van der Waals surface area contributed by atoms with Crippen LogP contribution in [0.15, 0.2) is 24.3 Å². The number of ether oxygens (including phenoxy) is 1. The van der Waals surface area contributed by atoms with Crippen LogP contribution in [-0.2, 0) is 6.54 Å². The van der Waals surface area contributed by atoms with Crippen molar-refractivity contribution in [3.63, 3.8) is 0 Å². The van der Waals surface area contributed by atoms with E-state index in [1.807, 2.05) is 24.3 Å². The van der Waals surface area contributed by atoms with Crippen molar-refractivity contribution in [1.82, 2.24) is 0 Å². The first-order chi connectivity index (χ1) is 7.38. The lowest BCUT2D eigenvalue weighted by Crippen LogP contribution is -2.03. The third kappa shape index (κ3) is 4.01. The third-order valence-corrected chi connectivity index (χ3v) is 2.13. The first-order valence-corrected chi connectivity index (χ1v) is 5.16. The van der Waals surface area contributed by atoms with Crippen LogP contribution in [0.3, 0.4) is 0 Å². The van der Waals surface area contributed by atoms with E-state index in [0.29, 0.717) is 19.6 Å². The number of hydrogen-bond donors (Lipinski definition) is 1. The molecule has 0 aliphatic heterocycles. The molecule has 0 radical (unpaired) electrons. The Balaban J connectivity index is 2.34. The number of unbranched alkanes of at least 4 members (excludes halogenated alkanes) is 2. The van der Waals surface area contributed by atoms with Crippen molar-refractivity contribution in [2.24, 2.45) is 5.73 Å². The molecule has 0 fully saturated rings. The van der Waals surface area contributed by atoms with Gasteiger partial charge in [-0.1, -0.05) is 18.2 Å².